The van der Waals surface area contributed by atoms with E-state index < -0.39 is 11.9 Å². The van der Waals surface area contributed by atoms with Crippen LogP contribution in [0.2, 0.25) is 0 Å². The number of nitrogens with one attached hydrogen (secondary N) is 1. The number of rotatable bonds is 5. The molecule has 2 nitrogen and oxygen atoms in total. The number of aromatic nitrogens is 1. The van der Waals surface area contributed by atoms with Gasteiger partial charge in [0.25, 0.3) is 0 Å². The molecule has 0 bridgehead atoms. The molecule has 1 unspecified atom stereocenters. The maximum atomic E-state index is 12.4. The molecule has 1 atom stereocenters. The van der Waals surface area contributed by atoms with Crippen molar-refractivity contribution in [2.45, 2.75) is 45.3 Å². The molecular formula is C12H17F3N2. The number of nitrogens with zero attached hydrogens (tertiary/aromatic N) is 1. The molecule has 1 aromatic rings. The van der Waals surface area contributed by atoms with E-state index in [4.69, 9.17) is 0 Å². The number of hydrogen-bond acceptors (Lipinski definition) is 2. The van der Waals surface area contributed by atoms with Crippen LogP contribution in [-0.4, -0.2) is 11.0 Å². The second-order valence-corrected chi connectivity index (χ2v) is 3.94. The highest BCUT2D eigenvalue weighted by atomic mass is 19.4. The highest BCUT2D eigenvalue weighted by Crippen LogP contribution is 2.28. The summed E-state index contributed by atoms with van der Waals surface area (Å²) in [7, 11) is 0. The summed E-state index contributed by atoms with van der Waals surface area (Å²) in [6.07, 6.45) is -1.60. The number of pyridine rings is 1. The van der Waals surface area contributed by atoms with Gasteiger partial charge in [-0.05, 0) is 25.0 Å². The molecule has 1 heterocycles. The second-order valence-electron chi connectivity index (χ2n) is 3.94. The van der Waals surface area contributed by atoms with Gasteiger partial charge in [-0.1, -0.05) is 26.3 Å². The van der Waals surface area contributed by atoms with E-state index in [-0.39, 0.29) is 6.04 Å². The van der Waals surface area contributed by atoms with Crippen LogP contribution in [0.5, 0.6) is 0 Å². The number of alkyl halides is 3. The van der Waals surface area contributed by atoms with Crippen LogP contribution < -0.4 is 5.32 Å². The van der Waals surface area contributed by atoms with Crippen molar-refractivity contribution < 1.29 is 13.2 Å². The Hall–Kier alpha value is -1.26. The van der Waals surface area contributed by atoms with Crippen LogP contribution in [-0.2, 0) is 6.18 Å². The van der Waals surface area contributed by atoms with E-state index in [0.29, 0.717) is 5.82 Å². The quantitative estimate of drug-likeness (QED) is 0.846. The van der Waals surface area contributed by atoms with Gasteiger partial charge in [0.05, 0.1) is 0 Å². The summed E-state index contributed by atoms with van der Waals surface area (Å²) in [6, 6.07) is 4.09. The fourth-order valence-electron chi connectivity index (χ4n) is 1.61. The lowest BCUT2D eigenvalue weighted by atomic mass is 10.1. The molecule has 0 saturated heterocycles. The Labute approximate surface area is 99.3 Å². The van der Waals surface area contributed by atoms with Crippen molar-refractivity contribution in [3.8, 4) is 0 Å². The molecule has 5 heteroatoms. The molecule has 0 aliphatic heterocycles. The Morgan fingerprint density at radius 2 is 2.00 bits per heavy atom. The van der Waals surface area contributed by atoms with Crippen molar-refractivity contribution >= 4 is 5.82 Å². The summed E-state index contributed by atoms with van der Waals surface area (Å²) in [6.45, 7) is 4.05. The standard InChI is InChI=1S/C12H17F3N2/c1-3-6-9(4-2)16-11-8-5-7-10(17-11)12(13,14)15/h5,7-9H,3-4,6H2,1-2H3,(H,16,17). The van der Waals surface area contributed by atoms with Gasteiger partial charge < -0.3 is 5.32 Å². The zero-order valence-corrected chi connectivity index (χ0v) is 10.0. The summed E-state index contributed by atoms with van der Waals surface area (Å²) in [5.41, 5.74) is -0.853. The molecule has 0 spiro atoms. The first-order valence-electron chi connectivity index (χ1n) is 5.78. The van der Waals surface area contributed by atoms with Gasteiger partial charge in [-0.3, -0.25) is 0 Å². The summed E-state index contributed by atoms with van der Waals surface area (Å²) in [4.78, 5) is 3.58. The highest BCUT2D eigenvalue weighted by molar-refractivity contribution is 5.37. The van der Waals surface area contributed by atoms with Crippen LogP contribution >= 0.6 is 0 Å². The molecule has 1 aromatic heterocycles. The van der Waals surface area contributed by atoms with Gasteiger partial charge in [0, 0.05) is 6.04 Å². The largest absolute Gasteiger partial charge is 0.433 e. The minimum Gasteiger partial charge on any atom is -0.367 e. The first-order chi connectivity index (χ1) is 7.97. The van der Waals surface area contributed by atoms with Crippen molar-refractivity contribution in [3.05, 3.63) is 23.9 Å². The summed E-state index contributed by atoms with van der Waals surface area (Å²) in [5, 5.41) is 3.03. The van der Waals surface area contributed by atoms with Gasteiger partial charge in [-0.2, -0.15) is 13.2 Å². The molecule has 0 aliphatic rings. The van der Waals surface area contributed by atoms with Gasteiger partial charge in [0.2, 0.25) is 0 Å². The van der Waals surface area contributed by atoms with Crippen LogP contribution in [0.4, 0.5) is 19.0 Å². The summed E-state index contributed by atoms with van der Waals surface area (Å²) < 4.78 is 37.3. The van der Waals surface area contributed by atoms with Crippen molar-refractivity contribution in [3.63, 3.8) is 0 Å². The summed E-state index contributed by atoms with van der Waals surface area (Å²) in [5.74, 6) is 0.292. The highest BCUT2D eigenvalue weighted by Gasteiger charge is 2.32. The Morgan fingerprint density at radius 3 is 2.53 bits per heavy atom. The second kappa shape index (κ2) is 5.89. The molecule has 17 heavy (non-hydrogen) atoms. The lowest BCUT2D eigenvalue weighted by Gasteiger charge is -2.17. The van der Waals surface area contributed by atoms with Gasteiger partial charge in [0.15, 0.2) is 0 Å². The first kappa shape index (κ1) is 13.8. The molecule has 1 rings (SSSR count). The van der Waals surface area contributed by atoms with Crippen LogP contribution in [0.25, 0.3) is 0 Å². The average molecular weight is 246 g/mol. The van der Waals surface area contributed by atoms with Crippen molar-refractivity contribution in [2.24, 2.45) is 0 Å². The number of hydrogen-bond donors (Lipinski definition) is 1. The Bertz CT molecular complexity index is 350. The van der Waals surface area contributed by atoms with E-state index in [1.165, 1.54) is 6.07 Å². The lowest BCUT2D eigenvalue weighted by molar-refractivity contribution is -0.141. The molecule has 0 radical (unpaired) electrons. The smallest absolute Gasteiger partial charge is 0.367 e. The normalized spacial score (nSPS) is 13.5. The van der Waals surface area contributed by atoms with Gasteiger partial charge in [-0.15, -0.1) is 0 Å². The van der Waals surface area contributed by atoms with E-state index in [1.807, 2.05) is 13.8 Å². The first-order valence-corrected chi connectivity index (χ1v) is 5.78. The third-order valence-corrected chi connectivity index (χ3v) is 2.52. The number of halogens is 3. The Balaban J connectivity index is 2.78. The number of anilines is 1. The monoisotopic (exact) mass is 246 g/mol. The molecule has 0 saturated carbocycles. The average Bonchev–Trinajstić information content (AvgIpc) is 2.28. The van der Waals surface area contributed by atoms with E-state index in [2.05, 4.69) is 10.3 Å². The van der Waals surface area contributed by atoms with E-state index in [9.17, 15) is 13.2 Å². The van der Waals surface area contributed by atoms with E-state index >= 15 is 0 Å². The predicted octanol–water partition coefficient (Wildman–Crippen LogP) is 4.09. The van der Waals surface area contributed by atoms with Crippen molar-refractivity contribution in [1.82, 2.24) is 4.98 Å². The molecule has 1 N–H and O–H groups in total. The summed E-state index contributed by atoms with van der Waals surface area (Å²) >= 11 is 0. The topological polar surface area (TPSA) is 24.9 Å². The molecule has 0 aromatic carbocycles. The minimum atomic E-state index is -4.38. The van der Waals surface area contributed by atoms with Crippen molar-refractivity contribution in [1.29, 1.82) is 0 Å². The van der Waals surface area contributed by atoms with Gasteiger partial charge >= 0.3 is 6.18 Å². The third-order valence-electron chi connectivity index (χ3n) is 2.52. The molecule has 96 valence electrons. The minimum absolute atomic E-state index is 0.177. The van der Waals surface area contributed by atoms with Crippen LogP contribution in [0.15, 0.2) is 18.2 Å². The maximum absolute atomic E-state index is 12.4. The molecule has 0 aliphatic carbocycles. The fraction of sp³-hybridized carbons (Fsp3) is 0.583. The van der Waals surface area contributed by atoms with Crippen molar-refractivity contribution in [2.75, 3.05) is 5.32 Å². The van der Waals surface area contributed by atoms with Gasteiger partial charge in [-0.25, -0.2) is 4.98 Å². The van der Waals surface area contributed by atoms with Crippen LogP contribution in [0, 0.1) is 0 Å². The lowest BCUT2D eigenvalue weighted by Crippen LogP contribution is -2.19. The zero-order valence-electron chi connectivity index (χ0n) is 10.0. The predicted molar refractivity (Wildman–Crippen MR) is 61.8 cm³/mol. The van der Waals surface area contributed by atoms with Gasteiger partial charge in [0.1, 0.15) is 11.5 Å². The molecular weight excluding hydrogens is 229 g/mol. The molecule has 0 fully saturated rings. The molecule has 0 amide bonds. The van der Waals surface area contributed by atoms with E-state index in [1.54, 1.807) is 6.07 Å². The Morgan fingerprint density at radius 1 is 1.29 bits per heavy atom. The third kappa shape index (κ3) is 4.24. The van der Waals surface area contributed by atoms with Crippen LogP contribution in [0.3, 0.4) is 0 Å². The zero-order chi connectivity index (χ0) is 12.9. The SMILES string of the molecule is CCCC(CC)Nc1cccc(C(F)(F)F)n1. The van der Waals surface area contributed by atoms with Crippen LogP contribution in [0.1, 0.15) is 38.8 Å². The fourth-order valence-corrected chi connectivity index (χ4v) is 1.61. The maximum Gasteiger partial charge on any atom is 0.433 e. The Kier molecular flexibility index (Phi) is 4.78. The van der Waals surface area contributed by atoms with E-state index in [0.717, 1.165) is 25.3 Å².